The van der Waals surface area contributed by atoms with E-state index in [9.17, 15) is 4.79 Å². The molecule has 1 aliphatic rings. The van der Waals surface area contributed by atoms with E-state index in [4.69, 9.17) is 20.8 Å². The highest BCUT2D eigenvalue weighted by Gasteiger charge is 2.28. The first-order chi connectivity index (χ1) is 12.0. The van der Waals surface area contributed by atoms with E-state index in [-0.39, 0.29) is 0 Å². The predicted molar refractivity (Wildman–Crippen MR) is 95.2 cm³/mol. The Labute approximate surface area is 150 Å². The zero-order valence-electron chi connectivity index (χ0n) is 14.2. The number of hydrogen-bond acceptors (Lipinski definition) is 4. The van der Waals surface area contributed by atoms with Crippen LogP contribution in [0.5, 0.6) is 0 Å². The van der Waals surface area contributed by atoms with Crippen molar-refractivity contribution < 1.29 is 13.9 Å². The van der Waals surface area contributed by atoms with Crippen molar-refractivity contribution >= 4 is 28.5 Å². The maximum absolute atomic E-state index is 11.9. The first-order valence-electron chi connectivity index (χ1n) is 8.48. The minimum absolute atomic E-state index is 0.315. The number of ether oxygens (including phenoxy) is 1. The lowest BCUT2D eigenvalue weighted by atomic mass is 10.1. The Morgan fingerprint density at radius 1 is 1.36 bits per heavy atom. The van der Waals surface area contributed by atoms with Crippen molar-refractivity contribution in [3.05, 3.63) is 52.0 Å². The number of aromatic nitrogens is 2. The standard InChI is InChI=1S/C19H19ClN2O3/c1-3-24-19(23)16-6-11(2)22(21-16)10-14-8-15(20)7-13-9-17(12-4-5-12)25-18(13)14/h6-9,12H,3-5,10H2,1-2H3. The number of esters is 1. The van der Waals surface area contributed by atoms with Crippen LogP contribution in [0.4, 0.5) is 0 Å². The van der Waals surface area contributed by atoms with Crippen LogP contribution in [0.25, 0.3) is 11.0 Å². The molecule has 25 heavy (non-hydrogen) atoms. The van der Waals surface area contributed by atoms with Gasteiger partial charge in [-0.05, 0) is 51.0 Å². The fourth-order valence-corrected chi connectivity index (χ4v) is 3.28. The molecule has 5 nitrogen and oxygen atoms in total. The predicted octanol–water partition coefficient (Wildman–Crippen LogP) is 4.69. The summed E-state index contributed by atoms with van der Waals surface area (Å²) < 4.78 is 12.9. The van der Waals surface area contributed by atoms with Gasteiger partial charge < -0.3 is 9.15 Å². The number of rotatable bonds is 5. The summed E-state index contributed by atoms with van der Waals surface area (Å²) in [5.41, 5.74) is 3.00. The van der Waals surface area contributed by atoms with E-state index >= 15 is 0 Å². The third-order valence-corrected chi connectivity index (χ3v) is 4.66. The molecule has 1 fully saturated rings. The molecule has 0 radical (unpaired) electrons. The number of hydrogen-bond donors (Lipinski definition) is 0. The number of nitrogens with zero attached hydrogens (tertiary/aromatic N) is 2. The van der Waals surface area contributed by atoms with E-state index < -0.39 is 5.97 Å². The second-order valence-electron chi connectivity index (χ2n) is 6.46. The molecule has 1 aromatic carbocycles. The van der Waals surface area contributed by atoms with E-state index in [0.717, 1.165) is 28.0 Å². The van der Waals surface area contributed by atoms with Gasteiger partial charge in [0.05, 0.1) is 13.2 Å². The van der Waals surface area contributed by atoms with Gasteiger partial charge in [0.15, 0.2) is 5.69 Å². The van der Waals surface area contributed by atoms with Crippen molar-refractivity contribution in [1.29, 1.82) is 0 Å². The lowest BCUT2D eigenvalue weighted by Gasteiger charge is -2.06. The fraction of sp³-hybridized carbons (Fsp3) is 0.368. The Kier molecular flexibility index (Phi) is 4.04. The van der Waals surface area contributed by atoms with E-state index in [1.54, 1.807) is 17.7 Å². The van der Waals surface area contributed by atoms with Gasteiger partial charge in [0.1, 0.15) is 11.3 Å². The third-order valence-electron chi connectivity index (χ3n) is 4.44. The Bertz CT molecular complexity index is 953. The van der Waals surface area contributed by atoms with Crippen molar-refractivity contribution in [1.82, 2.24) is 9.78 Å². The van der Waals surface area contributed by atoms with Crippen molar-refractivity contribution in [2.75, 3.05) is 6.61 Å². The number of halogens is 1. The lowest BCUT2D eigenvalue weighted by Crippen LogP contribution is -2.08. The largest absolute Gasteiger partial charge is 0.461 e. The van der Waals surface area contributed by atoms with Crippen LogP contribution in [0.2, 0.25) is 5.02 Å². The molecule has 2 heterocycles. The second kappa shape index (κ2) is 6.23. The van der Waals surface area contributed by atoms with Crippen LogP contribution in [0.1, 0.15) is 53.2 Å². The highest BCUT2D eigenvalue weighted by Crippen LogP contribution is 2.43. The van der Waals surface area contributed by atoms with Gasteiger partial charge in [0, 0.05) is 27.6 Å². The van der Waals surface area contributed by atoms with Crippen LogP contribution in [-0.4, -0.2) is 22.4 Å². The summed E-state index contributed by atoms with van der Waals surface area (Å²) in [5.74, 6) is 1.17. The van der Waals surface area contributed by atoms with Gasteiger partial charge >= 0.3 is 5.97 Å². The monoisotopic (exact) mass is 358 g/mol. The molecule has 1 aliphatic carbocycles. The Balaban J connectivity index is 1.69. The highest BCUT2D eigenvalue weighted by atomic mass is 35.5. The smallest absolute Gasteiger partial charge is 0.358 e. The Hall–Kier alpha value is -2.27. The first-order valence-corrected chi connectivity index (χ1v) is 8.86. The molecule has 0 amide bonds. The first kappa shape index (κ1) is 16.2. The van der Waals surface area contributed by atoms with Gasteiger partial charge in [0.2, 0.25) is 0 Å². The molecular formula is C19H19ClN2O3. The molecule has 0 N–H and O–H groups in total. The summed E-state index contributed by atoms with van der Waals surface area (Å²) >= 11 is 6.29. The normalized spacial score (nSPS) is 14.2. The Morgan fingerprint density at radius 2 is 2.16 bits per heavy atom. The van der Waals surface area contributed by atoms with Gasteiger partial charge in [-0.2, -0.15) is 5.10 Å². The van der Waals surface area contributed by atoms with E-state index in [1.165, 1.54) is 12.8 Å². The van der Waals surface area contributed by atoms with Crippen molar-refractivity contribution in [2.45, 2.75) is 39.2 Å². The molecule has 0 spiro atoms. The molecule has 0 saturated heterocycles. The summed E-state index contributed by atoms with van der Waals surface area (Å²) in [6.45, 7) is 4.50. The molecule has 130 valence electrons. The Morgan fingerprint density at radius 3 is 2.88 bits per heavy atom. The van der Waals surface area contributed by atoms with Crippen LogP contribution in [0, 0.1) is 6.92 Å². The van der Waals surface area contributed by atoms with Gasteiger partial charge in [-0.1, -0.05) is 11.6 Å². The average molecular weight is 359 g/mol. The summed E-state index contributed by atoms with van der Waals surface area (Å²) in [6.07, 6.45) is 2.37. The fourth-order valence-electron chi connectivity index (χ4n) is 3.03. The summed E-state index contributed by atoms with van der Waals surface area (Å²) in [7, 11) is 0. The van der Waals surface area contributed by atoms with E-state index in [1.807, 2.05) is 19.1 Å². The number of benzene rings is 1. The maximum Gasteiger partial charge on any atom is 0.358 e. The molecule has 3 aromatic rings. The van der Waals surface area contributed by atoms with Gasteiger partial charge in [-0.15, -0.1) is 0 Å². The zero-order valence-corrected chi connectivity index (χ0v) is 15.0. The average Bonchev–Trinajstić information content (AvgIpc) is 3.23. The van der Waals surface area contributed by atoms with Gasteiger partial charge in [0.25, 0.3) is 0 Å². The highest BCUT2D eigenvalue weighted by molar-refractivity contribution is 6.31. The van der Waals surface area contributed by atoms with Crippen LogP contribution in [-0.2, 0) is 11.3 Å². The zero-order chi connectivity index (χ0) is 17.6. The number of aryl methyl sites for hydroxylation is 1. The molecule has 0 unspecified atom stereocenters. The van der Waals surface area contributed by atoms with Crippen LogP contribution in [0.3, 0.4) is 0 Å². The molecular weight excluding hydrogens is 340 g/mol. The minimum atomic E-state index is -0.408. The van der Waals surface area contributed by atoms with Gasteiger partial charge in [-0.3, -0.25) is 4.68 Å². The number of furan rings is 1. The van der Waals surface area contributed by atoms with Crippen LogP contribution in [0.15, 0.2) is 28.7 Å². The van der Waals surface area contributed by atoms with Gasteiger partial charge in [-0.25, -0.2) is 4.79 Å². The topological polar surface area (TPSA) is 57.3 Å². The molecule has 6 heteroatoms. The van der Waals surface area contributed by atoms with Crippen LogP contribution >= 0.6 is 11.6 Å². The maximum atomic E-state index is 11.9. The molecule has 0 atom stereocenters. The molecule has 2 aromatic heterocycles. The third kappa shape index (κ3) is 3.16. The lowest BCUT2D eigenvalue weighted by molar-refractivity contribution is 0.0518. The molecule has 0 bridgehead atoms. The van der Waals surface area contributed by atoms with E-state index in [2.05, 4.69) is 11.2 Å². The quantitative estimate of drug-likeness (QED) is 0.620. The second-order valence-corrected chi connectivity index (χ2v) is 6.89. The SMILES string of the molecule is CCOC(=O)c1cc(C)n(Cc2cc(Cl)cc3cc(C4CC4)oc23)n1. The summed E-state index contributed by atoms with van der Waals surface area (Å²) in [4.78, 5) is 11.9. The molecule has 1 saturated carbocycles. The van der Waals surface area contributed by atoms with Crippen molar-refractivity contribution in [3.8, 4) is 0 Å². The molecule has 0 aliphatic heterocycles. The van der Waals surface area contributed by atoms with Crippen molar-refractivity contribution in [3.63, 3.8) is 0 Å². The van der Waals surface area contributed by atoms with Crippen LogP contribution < -0.4 is 0 Å². The van der Waals surface area contributed by atoms with E-state index in [0.29, 0.717) is 29.8 Å². The number of carbonyl (C=O) groups excluding carboxylic acids is 1. The minimum Gasteiger partial charge on any atom is -0.461 e. The van der Waals surface area contributed by atoms with Crippen molar-refractivity contribution in [2.24, 2.45) is 0 Å². The summed E-state index contributed by atoms with van der Waals surface area (Å²) in [5, 5.41) is 6.05. The number of carbonyl (C=O) groups is 1. The molecule has 4 rings (SSSR count). The summed E-state index contributed by atoms with van der Waals surface area (Å²) in [6, 6.07) is 7.64. The number of fused-ring (bicyclic) bond motifs is 1.